The number of hydrogen-bond donors (Lipinski definition) is 6. The summed E-state index contributed by atoms with van der Waals surface area (Å²) >= 11 is 0. The van der Waals surface area contributed by atoms with Gasteiger partial charge < -0.3 is 45.1 Å². The maximum absolute atomic E-state index is 10.6. The lowest BCUT2D eigenvalue weighted by Gasteiger charge is -2.35. The molecular weight excluding hydrogens is 382 g/mol. The van der Waals surface area contributed by atoms with E-state index in [2.05, 4.69) is 5.32 Å². The number of carboxylic acids is 3. The molecule has 12 heteroatoms. The molecule has 1 unspecified atom stereocenters. The normalized spacial score (nSPS) is 12.6. The molecule has 0 aliphatic carbocycles. The predicted molar refractivity (Wildman–Crippen MR) is 93.0 cm³/mol. The van der Waals surface area contributed by atoms with Crippen molar-refractivity contribution in [3.8, 4) is 0 Å². The minimum Gasteiger partial charge on any atom is -0.481 e. The van der Waals surface area contributed by atoms with E-state index in [1.54, 1.807) is 0 Å². The van der Waals surface area contributed by atoms with Gasteiger partial charge >= 0.3 is 17.9 Å². The first-order valence-corrected chi connectivity index (χ1v) is 8.63. The molecule has 0 radical (unpaired) electrons. The van der Waals surface area contributed by atoms with Crippen LogP contribution in [-0.2, 0) is 28.6 Å². The Labute approximate surface area is 162 Å². The monoisotopic (exact) mass is 411 g/mol. The van der Waals surface area contributed by atoms with Gasteiger partial charge in [-0.3, -0.25) is 14.4 Å². The summed E-state index contributed by atoms with van der Waals surface area (Å²) in [4.78, 5) is 31.8. The van der Waals surface area contributed by atoms with Crippen LogP contribution in [0.4, 0.5) is 0 Å². The summed E-state index contributed by atoms with van der Waals surface area (Å²) in [5, 5.41) is 47.5. The zero-order chi connectivity index (χ0) is 21.4. The molecule has 12 nitrogen and oxygen atoms in total. The predicted octanol–water partition coefficient (Wildman–Crippen LogP) is -1.86. The van der Waals surface area contributed by atoms with Gasteiger partial charge in [-0.25, -0.2) is 0 Å². The van der Waals surface area contributed by atoms with Gasteiger partial charge in [-0.05, 0) is 0 Å². The van der Waals surface area contributed by atoms with E-state index in [0.29, 0.717) is 0 Å². The summed E-state index contributed by atoms with van der Waals surface area (Å²) in [7, 11) is 0. The standard InChI is InChI=1S/C16H29NO11/c18-8-12(19)7-17-16(9-26-4-1-13(20)21,10-27-5-2-14(22)23)11-28-6-3-15(24)25/h12,17-19H,1-11H2,(H,20,21)(H,22,23)(H,24,25). The van der Waals surface area contributed by atoms with Crippen LogP contribution in [0.1, 0.15) is 19.3 Å². The van der Waals surface area contributed by atoms with Crippen molar-refractivity contribution in [1.29, 1.82) is 0 Å². The van der Waals surface area contributed by atoms with E-state index in [0.717, 1.165) is 0 Å². The van der Waals surface area contributed by atoms with Gasteiger partial charge in [0.1, 0.15) is 0 Å². The van der Waals surface area contributed by atoms with Crippen LogP contribution in [0.15, 0.2) is 0 Å². The highest BCUT2D eigenvalue weighted by Gasteiger charge is 2.32. The lowest BCUT2D eigenvalue weighted by atomic mass is 10.0. The Morgan fingerprint density at radius 1 is 0.786 bits per heavy atom. The van der Waals surface area contributed by atoms with Crippen molar-refractivity contribution in [3.63, 3.8) is 0 Å². The number of hydrogen-bond acceptors (Lipinski definition) is 9. The van der Waals surface area contributed by atoms with E-state index in [1.807, 2.05) is 0 Å². The van der Waals surface area contributed by atoms with E-state index in [9.17, 15) is 19.5 Å². The van der Waals surface area contributed by atoms with E-state index >= 15 is 0 Å². The largest absolute Gasteiger partial charge is 0.481 e. The molecule has 0 aromatic heterocycles. The molecule has 1 atom stereocenters. The number of aliphatic carboxylic acids is 3. The van der Waals surface area contributed by atoms with Gasteiger partial charge in [-0.15, -0.1) is 0 Å². The Hall–Kier alpha value is -1.83. The number of nitrogens with one attached hydrogen (secondary N) is 1. The fourth-order valence-corrected chi connectivity index (χ4v) is 1.96. The van der Waals surface area contributed by atoms with Gasteiger partial charge in [0.25, 0.3) is 0 Å². The third-order valence-electron chi connectivity index (χ3n) is 3.44. The average molecular weight is 411 g/mol. The summed E-state index contributed by atoms with van der Waals surface area (Å²) in [5.41, 5.74) is -1.12. The molecular formula is C16H29NO11. The number of carbonyl (C=O) groups is 3. The summed E-state index contributed by atoms with van der Waals surface area (Å²) in [5.74, 6) is -3.15. The molecule has 0 heterocycles. The van der Waals surface area contributed by atoms with Crippen LogP contribution in [0.25, 0.3) is 0 Å². The second-order valence-corrected chi connectivity index (χ2v) is 6.09. The topological polar surface area (TPSA) is 192 Å². The summed E-state index contributed by atoms with van der Waals surface area (Å²) < 4.78 is 16.1. The van der Waals surface area contributed by atoms with E-state index in [-0.39, 0.29) is 65.4 Å². The number of aliphatic hydroxyl groups excluding tert-OH is 2. The molecule has 0 fully saturated rings. The first-order valence-electron chi connectivity index (χ1n) is 8.63. The number of ether oxygens (including phenoxy) is 3. The van der Waals surface area contributed by atoms with Crippen molar-refractivity contribution in [3.05, 3.63) is 0 Å². The Morgan fingerprint density at radius 3 is 1.43 bits per heavy atom. The first kappa shape index (κ1) is 26.2. The summed E-state index contributed by atoms with van der Waals surface area (Å²) in [6, 6.07) is 0. The van der Waals surface area contributed by atoms with Gasteiger partial charge in [0, 0.05) is 6.54 Å². The van der Waals surface area contributed by atoms with E-state index in [4.69, 9.17) is 34.6 Å². The average Bonchev–Trinajstić information content (AvgIpc) is 2.63. The van der Waals surface area contributed by atoms with Gasteiger partial charge in [0.15, 0.2) is 0 Å². The molecule has 0 spiro atoms. The van der Waals surface area contributed by atoms with Crippen molar-refractivity contribution in [2.24, 2.45) is 0 Å². The van der Waals surface area contributed by atoms with Gasteiger partial charge in [-0.2, -0.15) is 0 Å². The quantitative estimate of drug-likeness (QED) is 0.130. The minimum absolute atomic E-state index is 0.0800. The molecule has 0 amide bonds. The van der Waals surface area contributed by atoms with Crippen LogP contribution < -0.4 is 5.32 Å². The van der Waals surface area contributed by atoms with Crippen molar-refractivity contribution >= 4 is 17.9 Å². The number of rotatable bonds is 19. The second kappa shape index (κ2) is 15.1. The Bertz CT molecular complexity index is 416. The molecule has 0 aliphatic heterocycles. The third kappa shape index (κ3) is 14.3. The lowest BCUT2D eigenvalue weighted by Crippen LogP contribution is -2.58. The smallest absolute Gasteiger partial charge is 0.305 e. The molecule has 164 valence electrons. The van der Waals surface area contributed by atoms with Gasteiger partial charge in [-0.1, -0.05) is 0 Å². The van der Waals surface area contributed by atoms with Crippen molar-refractivity contribution in [1.82, 2.24) is 5.32 Å². The molecule has 0 aromatic carbocycles. The minimum atomic E-state index is -1.12. The fourth-order valence-electron chi connectivity index (χ4n) is 1.96. The molecule has 0 aliphatic rings. The van der Waals surface area contributed by atoms with Crippen LogP contribution in [0, 0.1) is 0 Å². The Kier molecular flexibility index (Phi) is 14.1. The lowest BCUT2D eigenvalue weighted by molar-refractivity contribution is -0.139. The summed E-state index contributed by atoms with van der Waals surface area (Å²) in [6.45, 7) is -1.25. The molecule has 28 heavy (non-hydrogen) atoms. The zero-order valence-corrected chi connectivity index (χ0v) is 15.5. The van der Waals surface area contributed by atoms with Crippen LogP contribution in [0.5, 0.6) is 0 Å². The van der Waals surface area contributed by atoms with Crippen molar-refractivity contribution in [2.45, 2.75) is 30.9 Å². The van der Waals surface area contributed by atoms with Gasteiger partial charge in [0.05, 0.1) is 77.2 Å². The van der Waals surface area contributed by atoms with Gasteiger partial charge in [0.2, 0.25) is 0 Å². The van der Waals surface area contributed by atoms with Crippen molar-refractivity contribution < 1.29 is 54.1 Å². The molecule has 0 aromatic rings. The molecule has 0 saturated carbocycles. The Morgan fingerprint density at radius 2 is 1.14 bits per heavy atom. The molecule has 6 N–H and O–H groups in total. The number of β-amino-alcohol motifs (C(OH)–C–C–N with tert-alkyl or cyclic N) is 1. The highest BCUT2D eigenvalue weighted by atomic mass is 16.5. The fraction of sp³-hybridized carbons (Fsp3) is 0.812. The van der Waals surface area contributed by atoms with E-state index in [1.165, 1.54) is 0 Å². The maximum Gasteiger partial charge on any atom is 0.305 e. The highest BCUT2D eigenvalue weighted by molar-refractivity contribution is 5.67. The van der Waals surface area contributed by atoms with E-state index < -0.39 is 36.2 Å². The van der Waals surface area contributed by atoms with Crippen LogP contribution in [-0.4, -0.2) is 108 Å². The number of aliphatic hydroxyl groups is 2. The highest BCUT2D eigenvalue weighted by Crippen LogP contribution is 2.10. The summed E-state index contributed by atoms with van der Waals surface area (Å²) in [6.07, 6.45) is -1.82. The molecule has 0 rings (SSSR count). The zero-order valence-electron chi connectivity index (χ0n) is 15.5. The van der Waals surface area contributed by atoms with Crippen LogP contribution >= 0.6 is 0 Å². The number of carboxylic acid groups (broad SMARTS) is 3. The third-order valence-corrected chi connectivity index (χ3v) is 3.44. The maximum atomic E-state index is 10.6. The molecule has 0 saturated heterocycles. The first-order chi connectivity index (χ1) is 13.2. The molecule has 0 bridgehead atoms. The van der Waals surface area contributed by atoms with Crippen LogP contribution in [0.3, 0.4) is 0 Å². The second-order valence-electron chi connectivity index (χ2n) is 6.09. The van der Waals surface area contributed by atoms with Crippen molar-refractivity contribution in [2.75, 3.05) is 52.8 Å². The SMILES string of the molecule is O=C(O)CCOCC(COCCC(=O)O)(COCCC(=O)O)NCC(O)CO. The Balaban J connectivity index is 4.96. The van der Waals surface area contributed by atoms with Crippen LogP contribution in [0.2, 0.25) is 0 Å².